The fraction of sp³-hybridized carbons (Fsp3) is 0.400. The Kier molecular flexibility index (Phi) is 12.9. The van der Waals surface area contributed by atoms with Gasteiger partial charge in [0.2, 0.25) is 5.91 Å². The molecule has 332 valence electrons. The number of epoxide rings is 1. The number of fused-ring (bicyclic) bond motifs is 4. The first-order valence-corrected chi connectivity index (χ1v) is 21.5. The van der Waals surface area contributed by atoms with Crippen molar-refractivity contribution in [3.8, 4) is 29.4 Å². The minimum Gasteiger partial charge on any atom is -0.507 e. The van der Waals surface area contributed by atoms with E-state index >= 15 is 0 Å². The number of phenols is 1. The molecule has 2 bridgehead atoms. The second-order valence-electron chi connectivity index (χ2n) is 17.4. The third kappa shape index (κ3) is 8.39. The molecule has 1 saturated heterocycles. The van der Waals surface area contributed by atoms with Crippen LogP contribution in [0.1, 0.15) is 108 Å². The van der Waals surface area contributed by atoms with Crippen LogP contribution in [0.2, 0.25) is 0 Å². The molecule has 0 aromatic heterocycles. The van der Waals surface area contributed by atoms with Crippen molar-refractivity contribution in [2.45, 2.75) is 103 Å². The number of carbonyl (C=O) groups is 6. The quantitative estimate of drug-likeness (QED) is 0.0302. The molecule has 3 amide bonds. The number of benzene rings is 3. The van der Waals surface area contributed by atoms with Gasteiger partial charge in [-0.05, 0) is 72.1 Å². The molecule has 0 saturated carbocycles. The van der Waals surface area contributed by atoms with Crippen LogP contribution in [0.25, 0.3) is 0 Å². The standard InChI is InChI=1S/C50H52N4O10/c1-27(2)29(5)47(61)53-36(11-10-22-52-48(51)62)37(55)24-31-14-16-32(17-15-31)26-63-41(58)21-19-30-18-20-33-34(23-30)46(60)42-38(56)25-35-44(43(42)45(33)59)54-39-12-8-6-7-9-13-40(57)50(35)49(39,64-50)28(3)4/h6-7,14-18,20,23,25,27-29,36,39-40,54,56-57H,10-11,19,21-22,24,26H2,1-5H3,(H,53,61)(H3,51,52,62)/b7-6-/t29-,36-,39-,40+,49-,50-/m0/s1. The maximum absolute atomic E-state index is 14.3. The lowest BCUT2D eigenvalue weighted by Gasteiger charge is -2.38. The number of ketones is 3. The van der Waals surface area contributed by atoms with E-state index in [1.165, 1.54) is 18.2 Å². The summed E-state index contributed by atoms with van der Waals surface area (Å²) >= 11 is 0. The lowest BCUT2D eigenvalue weighted by Crippen LogP contribution is -2.52. The average molecular weight is 869 g/mol. The van der Waals surface area contributed by atoms with Crippen molar-refractivity contribution in [1.82, 2.24) is 10.6 Å². The Labute approximate surface area is 371 Å². The molecule has 7 rings (SSSR count). The lowest BCUT2D eigenvalue weighted by atomic mass is 9.67. The van der Waals surface area contributed by atoms with Crippen molar-refractivity contribution in [3.63, 3.8) is 0 Å². The van der Waals surface area contributed by atoms with E-state index in [4.69, 9.17) is 15.2 Å². The fourth-order valence-electron chi connectivity index (χ4n) is 8.88. The zero-order valence-corrected chi connectivity index (χ0v) is 36.4. The number of rotatable bonds is 16. The van der Waals surface area contributed by atoms with Gasteiger partial charge in [0, 0.05) is 42.0 Å². The van der Waals surface area contributed by atoms with E-state index in [1.54, 1.807) is 42.5 Å². The number of nitrogens with one attached hydrogen (secondary N) is 3. The molecule has 0 spiro atoms. The second-order valence-corrected chi connectivity index (χ2v) is 17.4. The van der Waals surface area contributed by atoms with Gasteiger partial charge in [-0.3, -0.25) is 24.0 Å². The highest BCUT2D eigenvalue weighted by atomic mass is 16.6. The summed E-state index contributed by atoms with van der Waals surface area (Å²) in [6, 6.07) is 11.1. The number of allylic oxidation sites excluding steroid dienone is 2. The SMILES string of the molecule is CC(C)[C@H](C)C(=O)N[C@@H](CCCNC(N)=O)C(=O)Cc1ccc(COC(=O)CCc2ccc3c(c2)C(=O)c2c(O)cc4c(c2C3=O)N[C@H]2C#C/C=C\C#C[C@@H](O)[C@@]43O[C@@]23C(C)C)cc1. The first-order chi connectivity index (χ1) is 30.5. The number of hydrogen-bond acceptors (Lipinski definition) is 11. The van der Waals surface area contributed by atoms with E-state index in [0.29, 0.717) is 35.1 Å². The van der Waals surface area contributed by atoms with Crippen molar-refractivity contribution in [1.29, 1.82) is 0 Å². The summed E-state index contributed by atoms with van der Waals surface area (Å²) in [6.07, 6.45) is 2.77. The van der Waals surface area contributed by atoms with Gasteiger partial charge < -0.3 is 41.4 Å². The summed E-state index contributed by atoms with van der Waals surface area (Å²) in [5.74, 6) is 8.95. The predicted molar refractivity (Wildman–Crippen MR) is 236 cm³/mol. The molecule has 14 heteroatoms. The molecule has 64 heavy (non-hydrogen) atoms. The number of primary amides is 1. The normalized spacial score (nSPS) is 22.3. The minimum absolute atomic E-state index is 0.0192. The van der Waals surface area contributed by atoms with E-state index in [0.717, 1.165) is 0 Å². The van der Waals surface area contributed by atoms with Crippen molar-refractivity contribution < 1.29 is 48.5 Å². The number of aromatic hydroxyl groups is 1. The van der Waals surface area contributed by atoms with Crippen LogP contribution in [0.4, 0.5) is 10.5 Å². The summed E-state index contributed by atoms with van der Waals surface area (Å²) in [5, 5.41) is 31.7. The Morgan fingerprint density at radius 1 is 0.906 bits per heavy atom. The number of phenolic OH excluding ortho intramolecular Hbond substituents is 1. The molecule has 14 nitrogen and oxygen atoms in total. The molecule has 6 atom stereocenters. The number of aliphatic hydroxyl groups excluding tert-OH is 1. The molecule has 0 unspecified atom stereocenters. The molecule has 2 aliphatic carbocycles. The smallest absolute Gasteiger partial charge is 0.312 e. The van der Waals surface area contributed by atoms with Gasteiger partial charge in [0.25, 0.3) is 0 Å². The summed E-state index contributed by atoms with van der Waals surface area (Å²) in [7, 11) is 0. The molecule has 3 aromatic carbocycles. The lowest BCUT2D eigenvalue weighted by molar-refractivity contribution is -0.144. The second kappa shape index (κ2) is 18.2. The largest absolute Gasteiger partial charge is 0.507 e. The van der Waals surface area contributed by atoms with Crippen LogP contribution in [-0.4, -0.2) is 75.8 Å². The van der Waals surface area contributed by atoms with Crippen LogP contribution in [0.5, 0.6) is 5.75 Å². The van der Waals surface area contributed by atoms with Gasteiger partial charge in [-0.15, -0.1) is 0 Å². The zero-order valence-electron chi connectivity index (χ0n) is 36.4. The van der Waals surface area contributed by atoms with Crippen LogP contribution in [0.15, 0.2) is 60.7 Å². The highest BCUT2D eigenvalue weighted by molar-refractivity contribution is 6.31. The first kappa shape index (κ1) is 45.3. The van der Waals surface area contributed by atoms with Crippen molar-refractivity contribution in [2.75, 3.05) is 11.9 Å². The Bertz CT molecular complexity index is 2590. The minimum atomic E-state index is -1.43. The number of esters is 1. The Hall–Kier alpha value is -6.74. The van der Waals surface area contributed by atoms with Crippen LogP contribution in [0, 0.1) is 41.4 Å². The summed E-state index contributed by atoms with van der Waals surface area (Å²) < 4.78 is 12.0. The van der Waals surface area contributed by atoms with E-state index in [9.17, 15) is 39.0 Å². The van der Waals surface area contributed by atoms with Gasteiger partial charge in [0.1, 0.15) is 24.0 Å². The summed E-state index contributed by atoms with van der Waals surface area (Å²) in [4.78, 5) is 78.6. The maximum atomic E-state index is 14.3. The fourth-order valence-corrected chi connectivity index (χ4v) is 8.88. The van der Waals surface area contributed by atoms with Crippen LogP contribution in [-0.2, 0) is 48.9 Å². The van der Waals surface area contributed by atoms with E-state index in [-0.39, 0.29) is 89.8 Å². The molecule has 1 fully saturated rings. The maximum Gasteiger partial charge on any atom is 0.312 e. The number of Topliss-reactive ketones (excluding diaryl/α,β-unsaturated/α-hetero) is 1. The van der Waals surface area contributed by atoms with E-state index in [1.807, 2.05) is 34.6 Å². The number of amides is 3. The van der Waals surface area contributed by atoms with Crippen molar-refractivity contribution in [3.05, 3.63) is 105 Å². The highest BCUT2D eigenvalue weighted by Gasteiger charge is 2.81. The number of carbonyl (C=O) groups excluding carboxylic acids is 6. The number of urea groups is 1. The van der Waals surface area contributed by atoms with E-state index in [2.05, 4.69) is 39.6 Å². The number of nitrogens with two attached hydrogens (primary N) is 1. The van der Waals surface area contributed by atoms with Crippen LogP contribution >= 0.6 is 0 Å². The van der Waals surface area contributed by atoms with Crippen molar-refractivity contribution in [2.24, 2.45) is 23.5 Å². The van der Waals surface area contributed by atoms with Gasteiger partial charge >= 0.3 is 12.0 Å². The zero-order chi connectivity index (χ0) is 46.1. The summed E-state index contributed by atoms with van der Waals surface area (Å²) in [6.45, 7) is 9.80. The van der Waals surface area contributed by atoms with Crippen LogP contribution < -0.4 is 21.7 Å². The van der Waals surface area contributed by atoms with E-state index < -0.39 is 58.7 Å². The molecular weight excluding hydrogens is 817 g/mol. The third-order valence-electron chi connectivity index (χ3n) is 12.8. The Morgan fingerprint density at radius 2 is 1.58 bits per heavy atom. The number of anilines is 1. The molecule has 2 aliphatic heterocycles. The number of ether oxygens (including phenoxy) is 2. The Balaban J connectivity index is 0.989. The van der Waals surface area contributed by atoms with Crippen molar-refractivity contribution >= 4 is 40.9 Å². The highest BCUT2D eigenvalue weighted by Crippen LogP contribution is 2.68. The number of aliphatic hydroxyl groups is 1. The topological polar surface area (TPSA) is 227 Å². The molecular formula is C50H52N4O10. The third-order valence-corrected chi connectivity index (χ3v) is 12.8. The number of aryl methyl sites for hydroxylation is 1. The molecule has 3 aromatic rings. The van der Waals surface area contributed by atoms with Gasteiger partial charge in [0.15, 0.2) is 29.1 Å². The molecule has 0 radical (unpaired) electrons. The predicted octanol–water partition coefficient (Wildman–Crippen LogP) is 4.53. The molecule has 4 aliphatic rings. The average Bonchev–Trinajstić information content (AvgIpc) is 4.00. The monoisotopic (exact) mass is 868 g/mol. The summed E-state index contributed by atoms with van der Waals surface area (Å²) in [5.41, 5.74) is 5.26. The van der Waals surface area contributed by atoms with Gasteiger partial charge in [0.05, 0.1) is 22.9 Å². The number of hydrogen-bond donors (Lipinski definition) is 6. The van der Waals surface area contributed by atoms with Crippen LogP contribution in [0.3, 0.4) is 0 Å². The Morgan fingerprint density at radius 3 is 2.27 bits per heavy atom. The van der Waals surface area contributed by atoms with Gasteiger partial charge in [-0.1, -0.05) is 94.7 Å². The molecule has 7 N–H and O–H groups in total. The van der Waals surface area contributed by atoms with Gasteiger partial charge in [-0.25, -0.2) is 4.79 Å². The molecule has 2 heterocycles. The first-order valence-electron chi connectivity index (χ1n) is 21.5. The van der Waals surface area contributed by atoms with Gasteiger partial charge in [-0.2, -0.15) is 0 Å².